The average molecular weight is 380 g/mol. The molecule has 3 rings (SSSR count). The van der Waals surface area contributed by atoms with E-state index in [0.717, 1.165) is 21.6 Å². The molecule has 4 heteroatoms. The summed E-state index contributed by atoms with van der Waals surface area (Å²) in [6.45, 7) is -0.165. The van der Waals surface area contributed by atoms with Crippen LogP contribution in [0, 0.1) is 0 Å². The molecule has 0 radical (unpaired) electrons. The molecule has 0 aliphatic heterocycles. The van der Waals surface area contributed by atoms with E-state index < -0.39 is 12.1 Å². The van der Waals surface area contributed by atoms with Crippen molar-refractivity contribution in [2.75, 3.05) is 12.9 Å². The largest absolute Gasteiger partial charge is 0.395 e. The molecule has 3 aromatic carbocycles. The Morgan fingerprint density at radius 2 is 1.30 bits per heavy atom. The van der Waals surface area contributed by atoms with Gasteiger partial charge >= 0.3 is 0 Å². The maximum absolute atomic E-state index is 10.9. The van der Waals surface area contributed by atoms with Gasteiger partial charge in [0.2, 0.25) is 0 Å². The molecule has 0 heterocycles. The molecule has 0 spiro atoms. The van der Waals surface area contributed by atoms with Gasteiger partial charge in [-0.05, 0) is 35.1 Å². The van der Waals surface area contributed by atoms with E-state index in [4.69, 9.17) is 0 Å². The second kappa shape index (κ2) is 9.72. The van der Waals surface area contributed by atoms with Crippen molar-refractivity contribution in [3.63, 3.8) is 0 Å². The van der Waals surface area contributed by atoms with Crippen LogP contribution in [0.5, 0.6) is 0 Å². The van der Waals surface area contributed by atoms with E-state index in [9.17, 15) is 10.2 Å². The van der Waals surface area contributed by atoms with Gasteiger partial charge < -0.3 is 10.2 Å². The van der Waals surface area contributed by atoms with Crippen molar-refractivity contribution >= 4 is 11.8 Å². The maximum Gasteiger partial charge on any atom is 0.0965 e. The van der Waals surface area contributed by atoms with Crippen molar-refractivity contribution in [1.82, 2.24) is 5.32 Å². The Morgan fingerprint density at radius 3 is 1.74 bits per heavy atom. The van der Waals surface area contributed by atoms with Gasteiger partial charge in [-0.3, -0.25) is 5.32 Å². The molecule has 0 bridgehead atoms. The number of benzene rings is 3. The first-order valence-electron chi connectivity index (χ1n) is 9.01. The minimum atomic E-state index is -0.805. The van der Waals surface area contributed by atoms with E-state index in [2.05, 4.69) is 29.6 Å². The van der Waals surface area contributed by atoms with Crippen molar-refractivity contribution in [3.05, 3.63) is 102 Å². The third-order valence-electron chi connectivity index (χ3n) is 4.68. The SMILES string of the molecule is CSc1ccc([C@H](O)[C@H](CO)NC(c2ccccc2)c2ccccc2)cc1. The summed E-state index contributed by atoms with van der Waals surface area (Å²) in [5.74, 6) is 0. The van der Waals surface area contributed by atoms with Crippen molar-refractivity contribution < 1.29 is 10.2 Å². The summed E-state index contributed by atoms with van der Waals surface area (Å²) in [5, 5.41) is 24.3. The molecule has 0 aliphatic rings. The van der Waals surface area contributed by atoms with Gasteiger partial charge in [0.05, 0.1) is 24.8 Å². The second-order valence-corrected chi connectivity index (χ2v) is 7.31. The Kier molecular flexibility index (Phi) is 7.07. The Bertz CT molecular complexity index is 769. The smallest absolute Gasteiger partial charge is 0.0965 e. The fraction of sp³-hybridized carbons (Fsp3) is 0.217. The average Bonchev–Trinajstić information content (AvgIpc) is 2.75. The van der Waals surface area contributed by atoms with E-state index in [1.807, 2.05) is 66.9 Å². The zero-order valence-electron chi connectivity index (χ0n) is 15.3. The first-order valence-corrected chi connectivity index (χ1v) is 10.2. The summed E-state index contributed by atoms with van der Waals surface area (Å²) in [4.78, 5) is 1.14. The highest BCUT2D eigenvalue weighted by Crippen LogP contribution is 2.26. The van der Waals surface area contributed by atoms with Crippen LogP contribution in [0.1, 0.15) is 28.8 Å². The summed E-state index contributed by atoms with van der Waals surface area (Å²) in [6, 6.07) is 27.4. The molecule has 3 N–H and O–H groups in total. The van der Waals surface area contributed by atoms with Crippen LogP contribution in [0.15, 0.2) is 89.8 Å². The predicted molar refractivity (Wildman–Crippen MR) is 112 cm³/mol. The molecule has 0 unspecified atom stereocenters. The molecule has 0 saturated heterocycles. The van der Waals surface area contributed by atoms with E-state index in [1.54, 1.807) is 11.8 Å². The summed E-state index contributed by atoms with van der Waals surface area (Å²) >= 11 is 1.66. The normalized spacial score (nSPS) is 13.5. The molecule has 0 aromatic heterocycles. The van der Waals surface area contributed by atoms with E-state index in [1.165, 1.54) is 0 Å². The number of hydrogen-bond acceptors (Lipinski definition) is 4. The molecule has 0 fully saturated rings. The van der Waals surface area contributed by atoms with Crippen molar-refractivity contribution in [3.8, 4) is 0 Å². The van der Waals surface area contributed by atoms with Crippen LogP contribution < -0.4 is 5.32 Å². The second-order valence-electron chi connectivity index (χ2n) is 6.43. The molecule has 0 aliphatic carbocycles. The van der Waals surface area contributed by atoms with Crippen LogP contribution in [0.2, 0.25) is 0 Å². The summed E-state index contributed by atoms with van der Waals surface area (Å²) in [6.07, 6.45) is 1.22. The molecular formula is C23H25NO2S. The van der Waals surface area contributed by atoms with Gasteiger partial charge in [-0.2, -0.15) is 0 Å². The number of rotatable bonds is 8. The van der Waals surface area contributed by atoms with E-state index in [0.29, 0.717) is 0 Å². The minimum Gasteiger partial charge on any atom is -0.395 e. The highest BCUT2D eigenvalue weighted by Gasteiger charge is 2.25. The van der Waals surface area contributed by atoms with Crippen molar-refractivity contribution in [2.45, 2.75) is 23.1 Å². The standard InChI is InChI=1S/C23H25NO2S/c1-27-20-14-12-19(13-15-20)23(26)21(16-25)24-22(17-8-4-2-5-9-17)18-10-6-3-7-11-18/h2-15,21-26H,16H2,1H3/t21-,23-/m0/s1. The minimum absolute atomic E-state index is 0.121. The third-order valence-corrected chi connectivity index (χ3v) is 5.43. The predicted octanol–water partition coefficient (Wildman–Crippen LogP) is 4.18. The molecule has 27 heavy (non-hydrogen) atoms. The maximum atomic E-state index is 10.9. The van der Waals surface area contributed by atoms with Crippen LogP contribution in [0.4, 0.5) is 0 Å². The Hall–Kier alpha value is -2.11. The van der Waals surface area contributed by atoms with Gasteiger partial charge in [0, 0.05) is 4.90 Å². The summed E-state index contributed by atoms with van der Waals surface area (Å²) < 4.78 is 0. The third kappa shape index (κ3) is 4.99. The van der Waals surface area contributed by atoms with Crippen LogP contribution in [0.25, 0.3) is 0 Å². The fourth-order valence-electron chi connectivity index (χ4n) is 3.17. The lowest BCUT2D eigenvalue weighted by molar-refractivity contribution is 0.0858. The Balaban J connectivity index is 1.86. The number of hydrogen-bond donors (Lipinski definition) is 3. The monoisotopic (exact) mass is 379 g/mol. The molecule has 0 amide bonds. The molecular weight excluding hydrogens is 354 g/mol. The summed E-state index contributed by atoms with van der Waals surface area (Å²) in [5.41, 5.74) is 2.97. The number of thioether (sulfide) groups is 1. The zero-order valence-corrected chi connectivity index (χ0v) is 16.1. The van der Waals surface area contributed by atoms with Gasteiger partial charge in [-0.25, -0.2) is 0 Å². The van der Waals surface area contributed by atoms with Gasteiger partial charge in [0.25, 0.3) is 0 Å². The quantitative estimate of drug-likeness (QED) is 0.514. The van der Waals surface area contributed by atoms with E-state index >= 15 is 0 Å². The molecule has 3 aromatic rings. The number of aliphatic hydroxyl groups excluding tert-OH is 2. The van der Waals surface area contributed by atoms with Gasteiger partial charge in [-0.15, -0.1) is 11.8 Å². The van der Waals surface area contributed by atoms with Crippen LogP contribution in [-0.2, 0) is 0 Å². The highest BCUT2D eigenvalue weighted by molar-refractivity contribution is 7.98. The van der Waals surface area contributed by atoms with Gasteiger partial charge in [0.1, 0.15) is 0 Å². The van der Waals surface area contributed by atoms with E-state index in [-0.39, 0.29) is 12.6 Å². The molecule has 0 saturated carbocycles. The van der Waals surface area contributed by atoms with Gasteiger partial charge in [-0.1, -0.05) is 72.8 Å². The number of nitrogens with one attached hydrogen (secondary N) is 1. The fourth-order valence-corrected chi connectivity index (χ4v) is 3.58. The summed E-state index contributed by atoms with van der Waals surface area (Å²) in [7, 11) is 0. The van der Waals surface area contributed by atoms with Crippen molar-refractivity contribution in [2.24, 2.45) is 0 Å². The van der Waals surface area contributed by atoms with Crippen molar-refractivity contribution in [1.29, 1.82) is 0 Å². The lowest BCUT2D eigenvalue weighted by Crippen LogP contribution is -2.40. The van der Waals surface area contributed by atoms with Gasteiger partial charge in [0.15, 0.2) is 0 Å². The highest BCUT2D eigenvalue weighted by atomic mass is 32.2. The topological polar surface area (TPSA) is 52.5 Å². The van der Waals surface area contributed by atoms with Crippen LogP contribution >= 0.6 is 11.8 Å². The molecule has 2 atom stereocenters. The lowest BCUT2D eigenvalue weighted by atomic mass is 9.95. The first kappa shape index (κ1) is 19.6. The molecule has 3 nitrogen and oxygen atoms in total. The Labute approximate surface area is 165 Å². The van der Waals surface area contributed by atoms with Crippen LogP contribution in [0.3, 0.4) is 0 Å². The molecule has 140 valence electrons. The first-order chi connectivity index (χ1) is 13.2. The Morgan fingerprint density at radius 1 is 0.778 bits per heavy atom. The van der Waals surface area contributed by atoms with Crippen LogP contribution in [-0.4, -0.2) is 29.1 Å². The zero-order chi connectivity index (χ0) is 19.1. The number of aliphatic hydroxyl groups is 2. The lowest BCUT2D eigenvalue weighted by Gasteiger charge is -2.29.